The fraction of sp³-hybridized carbons (Fsp3) is 0.900. The first kappa shape index (κ1) is 11.9. The maximum Gasteiger partial charge on any atom is 0.233 e. The van der Waals surface area contributed by atoms with Crippen molar-refractivity contribution in [2.75, 3.05) is 0 Å². The molecule has 3 nitrogen and oxygen atoms in total. The number of amides is 1. The normalized spacial score (nSPS) is 31.8. The number of hydrogen-bond acceptors (Lipinski definition) is 3. The van der Waals surface area contributed by atoms with Crippen LogP contribution in [0.1, 0.15) is 33.6 Å². The molecule has 2 N–H and O–H groups in total. The molecule has 0 bridgehead atoms. The first-order chi connectivity index (χ1) is 6.39. The molecule has 0 saturated heterocycles. The molecule has 14 heavy (non-hydrogen) atoms. The van der Waals surface area contributed by atoms with Crippen LogP contribution in [0.3, 0.4) is 0 Å². The number of aliphatic hydroxyl groups excluding tert-OH is 1. The van der Waals surface area contributed by atoms with Crippen molar-refractivity contribution in [1.82, 2.24) is 5.32 Å². The Labute approximate surface area is 90.7 Å². The smallest absolute Gasteiger partial charge is 0.233 e. The molecular formula is C10H19NO2S. The Morgan fingerprint density at radius 2 is 2.29 bits per heavy atom. The maximum absolute atomic E-state index is 11.5. The van der Waals surface area contributed by atoms with Gasteiger partial charge in [0.05, 0.1) is 11.4 Å². The minimum absolute atomic E-state index is 0.0270. The standard InChI is InChI=1S/C10H19NO2S/c1-4-6(14)9(13)11-7-5-8(12)10(7,2)3/h6-8,12,14H,4-5H2,1-3H3,(H,11,13). The molecular weight excluding hydrogens is 198 g/mol. The van der Waals surface area contributed by atoms with Crippen molar-refractivity contribution in [3.63, 3.8) is 0 Å². The maximum atomic E-state index is 11.5. The molecule has 1 aliphatic carbocycles. The van der Waals surface area contributed by atoms with Crippen LogP contribution in [0.5, 0.6) is 0 Å². The van der Waals surface area contributed by atoms with E-state index < -0.39 is 0 Å². The van der Waals surface area contributed by atoms with E-state index in [-0.39, 0.29) is 28.7 Å². The molecule has 1 rings (SSSR count). The highest BCUT2D eigenvalue weighted by atomic mass is 32.1. The Morgan fingerprint density at radius 1 is 1.71 bits per heavy atom. The number of thiol groups is 1. The Kier molecular flexibility index (Phi) is 3.48. The summed E-state index contributed by atoms with van der Waals surface area (Å²) in [6.45, 7) is 5.86. The van der Waals surface area contributed by atoms with Gasteiger partial charge in [-0.1, -0.05) is 20.8 Å². The van der Waals surface area contributed by atoms with E-state index in [1.165, 1.54) is 0 Å². The zero-order valence-corrected chi connectivity index (χ0v) is 9.84. The van der Waals surface area contributed by atoms with Gasteiger partial charge < -0.3 is 10.4 Å². The van der Waals surface area contributed by atoms with Crippen LogP contribution in [-0.2, 0) is 4.79 Å². The Morgan fingerprint density at radius 3 is 2.64 bits per heavy atom. The van der Waals surface area contributed by atoms with Crippen molar-refractivity contribution in [3.8, 4) is 0 Å². The highest BCUT2D eigenvalue weighted by Gasteiger charge is 2.48. The molecule has 1 saturated carbocycles. The molecule has 1 fully saturated rings. The SMILES string of the molecule is CCC(S)C(=O)NC1CC(O)C1(C)C. The third kappa shape index (κ3) is 2.06. The second-order valence-corrected chi connectivity index (χ2v) is 5.18. The summed E-state index contributed by atoms with van der Waals surface area (Å²) < 4.78 is 0. The topological polar surface area (TPSA) is 49.3 Å². The van der Waals surface area contributed by atoms with Gasteiger partial charge in [0, 0.05) is 11.5 Å². The fourth-order valence-corrected chi connectivity index (χ4v) is 1.68. The van der Waals surface area contributed by atoms with Crippen molar-refractivity contribution < 1.29 is 9.90 Å². The Bertz CT molecular complexity index is 230. The van der Waals surface area contributed by atoms with Crippen molar-refractivity contribution in [3.05, 3.63) is 0 Å². The number of nitrogens with one attached hydrogen (secondary N) is 1. The van der Waals surface area contributed by atoms with Gasteiger partial charge in [-0.15, -0.1) is 0 Å². The molecule has 0 heterocycles. The Hall–Kier alpha value is -0.220. The van der Waals surface area contributed by atoms with E-state index in [0.29, 0.717) is 6.42 Å². The van der Waals surface area contributed by atoms with E-state index in [0.717, 1.165) is 6.42 Å². The summed E-state index contributed by atoms with van der Waals surface area (Å²) in [5.41, 5.74) is -0.198. The van der Waals surface area contributed by atoms with Crippen LogP contribution in [0.15, 0.2) is 0 Å². The quantitative estimate of drug-likeness (QED) is 0.617. The van der Waals surface area contributed by atoms with E-state index in [1.54, 1.807) is 0 Å². The molecule has 1 amide bonds. The van der Waals surface area contributed by atoms with Gasteiger partial charge in [0.2, 0.25) is 5.91 Å². The average Bonchev–Trinajstić information content (AvgIpc) is 2.16. The molecule has 82 valence electrons. The molecule has 0 aromatic rings. The molecule has 1 aliphatic rings. The van der Waals surface area contributed by atoms with E-state index in [4.69, 9.17) is 0 Å². The van der Waals surface area contributed by atoms with Crippen LogP contribution < -0.4 is 5.32 Å². The zero-order valence-electron chi connectivity index (χ0n) is 8.95. The number of aliphatic hydroxyl groups is 1. The minimum atomic E-state index is -0.298. The van der Waals surface area contributed by atoms with Crippen molar-refractivity contribution in [2.24, 2.45) is 5.41 Å². The average molecular weight is 217 g/mol. The van der Waals surface area contributed by atoms with E-state index in [2.05, 4.69) is 17.9 Å². The van der Waals surface area contributed by atoms with Crippen LogP contribution in [0.25, 0.3) is 0 Å². The second-order valence-electron chi connectivity index (χ2n) is 4.56. The lowest BCUT2D eigenvalue weighted by Gasteiger charge is -2.49. The Balaban J connectivity index is 2.44. The lowest BCUT2D eigenvalue weighted by atomic mass is 9.64. The lowest BCUT2D eigenvalue weighted by molar-refractivity contribution is -0.128. The van der Waals surface area contributed by atoms with Gasteiger partial charge in [0.25, 0.3) is 0 Å². The second kappa shape index (κ2) is 4.11. The molecule has 0 aromatic heterocycles. The predicted molar refractivity (Wildman–Crippen MR) is 59.4 cm³/mol. The van der Waals surface area contributed by atoms with Gasteiger partial charge >= 0.3 is 0 Å². The third-order valence-corrected chi connectivity index (χ3v) is 3.82. The molecule has 0 aromatic carbocycles. The zero-order chi connectivity index (χ0) is 10.9. The van der Waals surface area contributed by atoms with Gasteiger partial charge in [0.15, 0.2) is 0 Å². The summed E-state index contributed by atoms with van der Waals surface area (Å²) in [5.74, 6) is -0.0270. The van der Waals surface area contributed by atoms with Gasteiger partial charge in [-0.2, -0.15) is 12.6 Å². The number of rotatable bonds is 3. The molecule has 3 unspecified atom stereocenters. The third-order valence-electron chi connectivity index (χ3n) is 3.22. The van der Waals surface area contributed by atoms with Crippen LogP contribution in [-0.4, -0.2) is 28.4 Å². The molecule has 0 aliphatic heterocycles. The van der Waals surface area contributed by atoms with Crippen molar-refractivity contribution >= 4 is 18.5 Å². The van der Waals surface area contributed by atoms with Gasteiger partial charge in [0.1, 0.15) is 0 Å². The summed E-state index contributed by atoms with van der Waals surface area (Å²) in [6, 6.07) is 0.0891. The summed E-state index contributed by atoms with van der Waals surface area (Å²) in [4.78, 5) is 11.5. The number of hydrogen-bond donors (Lipinski definition) is 3. The first-order valence-electron chi connectivity index (χ1n) is 5.06. The van der Waals surface area contributed by atoms with Crippen LogP contribution in [0, 0.1) is 5.41 Å². The van der Waals surface area contributed by atoms with Crippen LogP contribution in [0.4, 0.5) is 0 Å². The van der Waals surface area contributed by atoms with Crippen molar-refractivity contribution in [1.29, 1.82) is 0 Å². The van der Waals surface area contributed by atoms with Gasteiger partial charge in [-0.05, 0) is 12.8 Å². The predicted octanol–water partition coefficient (Wildman–Crippen LogP) is 0.970. The number of carbonyl (C=O) groups is 1. The number of carbonyl (C=O) groups excluding carboxylic acids is 1. The minimum Gasteiger partial charge on any atom is -0.392 e. The lowest BCUT2D eigenvalue weighted by Crippen LogP contribution is -2.62. The van der Waals surface area contributed by atoms with Crippen LogP contribution >= 0.6 is 12.6 Å². The summed E-state index contributed by atoms with van der Waals surface area (Å²) in [6.07, 6.45) is 1.08. The van der Waals surface area contributed by atoms with Crippen molar-refractivity contribution in [2.45, 2.75) is 51.0 Å². The van der Waals surface area contributed by atoms with Gasteiger partial charge in [-0.25, -0.2) is 0 Å². The molecule has 3 atom stereocenters. The highest BCUT2D eigenvalue weighted by molar-refractivity contribution is 7.81. The van der Waals surface area contributed by atoms with Gasteiger partial charge in [-0.3, -0.25) is 4.79 Å². The largest absolute Gasteiger partial charge is 0.392 e. The van der Waals surface area contributed by atoms with Crippen LogP contribution in [0.2, 0.25) is 0 Å². The highest BCUT2D eigenvalue weighted by Crippen LogP contribution is 2.40. The fourth-order valence-electron chi connectivity index (χ4n) is 1.60. The summed E-state index contributed by atoms with van der Waals surface area (Å²) >= 11 is 4.17. The van der Waals surface area contributed by atoms with E-state index >= 15 is 0 Å². The first-order valence-corrected chi connectivity index (χ1v) is 5.57. The summed E-state index contributed by atoms with van der Waals surface area (Å²) in [7, 11) is 0. The van der Waals surface area contributed by atoms with E-state index in [9.17, 15) is 9.90 Å². The summed E-state index contributed by atoms with van der Waals surface area (Å²) in [5, 5.41) is 12.2. The molecule has 0 radical (unpaired) electrons. The molecule has 4 heteroatoms. The monoisotopic (exact) mass is 217 g/mol. The molecule has 0 spiro atoms. The van der Waals surface area contributed by atoms with E-state index in [1.807, 2.05) is 20.8 Å².